The van der Waals surface area contributed by atoms with Gasteiger partial charge in [-0.1, -0.05) is 36.4 Å². The van der Waals surface area contributed by atoms with E-state index in [1.807, 2.05) is 31.2 Å². The molecule has 5 heteroatoms. The van der Waals surface area contributed by atoms with Gasteiger partial charge in [0.05, 0.1) is 12.1 Å². The molecular weight excluding hydrogens is 306 g/mol. The van der Waals surface area contributed by atoms with Crippen molar-refractivity contribution in [2.75, 3.05) is 5.32 Å². The molecule has 1 unspecified atom stereocenters. The first kappa shape index (κ1) is 14.7. The molecule has 1 atom stereocenters. The van der Waals surface area contributed by atoms with E-state index in [0.29, 0.717) is 16.8 Å². The number of aryl methyl sites for hydroxylation is 1. The number of fused-ring (bicyclic) bond motifs is 2. The zero-order valence-corrected chi connectivity index (χ0v) is 13.0. The fourth-order valence-electron chi connectivity index (χ4n) is 3.13. The van der Waals surface area contributed by atoms with E-state index in [1.54, 1.807) is 24.3 Å². The number of Topliss-reactive ketones (excluding diaryl/α,β-unsaturated/α-hetero) is 1. The maximum Gasteiger partial charge on any atom is 0.261 e. The molecule has 0 radical (unpaired) electrons. The van der Waals surface area contributed by atoms with E-state index in [-0.39, 0.29) is 12.2 Å². The molecular formula is C19H15NO4. The summed E-state index contributed by atoms with van der Waals surface area (Å²) in [4.78, 5) is 24.9. The number of furan rings is 1. The summed E-state index contributed by atoms with van der Waals surface area (Å²) in [6.07, 6.45) is -0.366. The SMILES string of the molecule is Cc1cccc2c1NC(=O)C2(O)CC(=O)c1cc2ccccc2o1. The second-order valence-corrected chi connectivity index (χ2v) is 6.06. The van der Waals surface area contributed by atoms with E-state index >= 15 is 0 Å². The van der Waals surface area contributed by atoms with E-state index < -0.39 is 17.3 Å². The fourth-order valence-corrected chi connectivity index (χ4v) is 3.13. The van der Waals surface area contributed by atoms with Crippen LogP contribution in [0.1, 0.15) is 28.1 Å². The lowest BCUT2D eigenvalue weighted by Gasteiger charge is -2.19. The van der Waals surface area contributed by atoms with Gasteiger partial charge in [0, 0.05) is 10.9 Å². The summed E-state index contributed by atoms with van der Waals surface area (Å²) in [7, 11) is 0. The van der Waals surface area contributed by atoms with Crippen LogP contribution in [0.4, 0.5) is 5.69 Å². The molecule has 120 valence electrons. The summed E-state index contributed by atoms with van der Waals surface area (Å²) >= 11 is 0. The van der Waals surface area contributed by atoms with E-state index in [4.69, 9.17) is 4.42 Å². The lowest BCUT2D eigenvalue weighted by Crippen LogP contribution is -2.36. The zero-order valence-electron chi connectivity index (χ0n) is 13.0. The van der Waals surface area contributed by atoms with Crippen LogP contribution in [0.3, 0.4) is 0 Å². The topological polar surface area (TPSA) is 79.5 Å². The molecule has 1 aliphatic rings. The van der Waals surface area contributed by atoms with Crippen LogP contribution in [0.5, 0.6) is 0 Å². The number of ketones is 1. The third-order valence-corrected chi connectivity index (χ3v) is 4.45. The lowest BCUT2D eigenvalue weighted by molar-refractivity contribution is -0.133. The van der Waals surface area contributed by atoms with Crippen molar-refractivity contribution in [3.05, 3.63) is 65.4 Å². The smallest absolute Gasteiger partial charge is 0.261 e. The standard InChI is InChI=1S/C19H15NO4/c1-11-5-4-7-13-17(11)20-18(22)19(13,23)10-14(21)16-9-12-6-2-3-8-15(12)24-16/h2-9,23H,10H2,1H3,(H,20,22). The Hall–Kier alpha value is -2.92. The number of carbonyl (C=O) groups excluding carboxylic acids is 2. The van der Waals surface area contributed by atoms with Gasteiger partial charge in [0.15, 0.2) is 11.4 Å². The Labute approximate surface area is 137 Å². The third kappa shape index (κ3) is 2.06. The molecule has 4 rings (SSSR count). The fraction of sp³-hybridized carbons (Fsp3) is 0.158. The molecule has 0 fully saturated rings. The maximum absolute atomic E-state index is 12.6. The van der Waals surface area contributed by atoms with E-state index in [2.05, 4.69) is 5.32 Å². The van der Waals surface area contributed by atoms with Crippen molar-refractivity contribution in [2.24, 2.45) is 0 Å². The van der Waals surface area contributed by atoms with Crippen LogP contribution in [0.2, 0.25) is 0 Å². The van der Waals surface area contributed by atoms with Crippen molar-refractivity contribution in [3.63, 3.8) is 0 Å². The molecule has 0 bridgehead atoms. The maximum atomic E-state index is 12.6. The molecule has 2 heterocycles. The Bertz CT molecular complexity index is 955. The first-order valence-corrected chi connectivity index (χ1v) is 7.65. The number of hydrogen-bond acceptors (Lipinski definition) is 4. The number of aliphatic hydroxyl groups is 1. The predicted octanol–water partition coefficient (Wildman–Crippen LogP) is 3.15. The molecule has 24 heavy (non-hydrogen) atoms. The highest BCUT2D eigenvalue weighted by molar-refractivity contribution is 6.09. The summed E-state index contributed by atoms with van der Waals surface area (Å²) in [5.41, 5.74) is 0.560. The van der Waals surface area contributed by atoms with Gasteiger partial charge in [0.25, 0.3) is 5.91 Å². The molecule has 0 saturated heterocycles. The van der Waals surface area contributed by atoms with Crippen molar-refractivity contribution in [1.82, 2.24) is 0 Å². The van der Waals surface area contributed by atoms with Crippen LogP contribution in [0, 0.1) is 6.92 Å². The largest absolute Gasteiger partial charge is 0.453 e. The van der Waals surface area contributed by atoms with Gasteiger partial charge in [0.2, 0.25) is 5.78 Å². The van der Waals surface area contributed by atoms with Gasteiger partial charge in [-0.3, -0.25) is 9.59 Å². The minimum absolute atomic E-state index is 0.138. The molecule has 5 nitrogen and oxygen atoms in total. The summed E-state index contributed by atoms with van der Waals surface area (Å²) in [6, 6.07) is 14.2. The molecule has 0 aliphatic carbocycles. The average Bonchev–Trinajstić information content (AvgIpc) is 3.10. The number of hydrogen-bond donors (Lipinski definition) is 2. The Kier molecular flexibility index (Phi) is 3.08. The van der Waals surface area contributed by atoms with Crippen LogP contribution in [-0.4, -0.2) is 16.8 Å². The van der Waals surface area contributed by atoms with Crippen molar-refractivity contribution in [1.29, 1.82) is 0 Å². The van der Waals surface area contributed by atoms with Crippen molar-refractivity contribution in [2.45, 2.75) is 18.9 Å². The Morgan fingerprint density at radius 3 is 2.79 bits per heavy atom. The number of carbonyl (C=O) groups is 2. The number of amides is 1. The van der Waals surface area contributed by atoms with E-state index in [1.165, 1.54) is 0 Å². The van der Waals surface area contributed by atoms with Crippen LogP contribution < -0.4 is 5.32 Å². The van der Waals surface area contributed by atoms with Crippen LogP contribution in [0.15, 0.2) is 52.9 Å². The van der Waals surface area contributed by atoms with Gasteiger partial charge in [0.1, 0.15) is 5.58 Å². The van der Waals surface area contributed by atoms with Crippen LogP contribution in [-0.2, 0) is 10.4 Å². The molecule has 1 aromatic heterocycles. The first-order valence-electron chi connectivity index (χ1n) is 7.65. The normalized spacial score (nSPS) is 19.3. The lowest BCUT2D eigenvalue weighted by atomic mass is 9.88. The highest BCUT2D eigenvalue weighted by Crippen LogP contribution is 2.40. The second kappa shape index (κ2) is 5.04. The number of benzene rings is 2. The minimum atomic E-state index is -1.88. The second-order valence-electron chi connectivity index (χ2n) is 6.06. The molecule has 2 aromatic carbocycles. The van der Waals surface area contributed by atoms with E-state index in [9.17, 15) is 14.7 Å². The minimum Gasteiger partial charge on any atom is -0.453 e. The summed E-state index contributed by atoms with van der Waals surface area (Å²) in [5, 5.41) is 14.3. The highest BCUT2D eigenvalue weighted by atomic mass is 16.3. The molecule has 0 spiro atoms. The van der Waals surface area contributed by atoms with Crippen molar-refractivity contribution in [3.8, 4) is 0 Å². The summed E-state index contributed by atoms with van der Waals surface area (Å²) in [5.74, 6) is -0.868. The van der Waals surface area contributed by atoms with Gasteiger partial charge in [-0.25, -0.2) is 0 Å². The van der Waals surface area contributed by atoms with Crippen molar-refractivity contribution < 1.29 is 19.1 Å². The number of rotatable bonds is 3. The van der Waals surface area contributed by atoms with Gasteiger partial charge >= 0.3 is 0 Å². The quantitative estimate of drug-likeness (QED) is 0.726. The van der Waals surface area contributed by atoms with Gasteiger partial charge in [-0.05, 0) is 24.6 Å². The summed E-state index contributed by atoms with van der Waals surface area (Å²) < 4.78 is 5.54. The molecule has 0 saturated carbocycles. The van der Waals surface area contributed by atoms with Gasteiger partial charge < -0.3 is 14.8 Å². The van der Waals surface area contributed by atoms with Gasteiger partial charge in [-0.2, -0.15) is 0 Å². The van der Waals surface area contributed by atoms with Crippen molar-refractivity contribution >= 4 is 28.3 Å². The Balaban J connectivity index is 1.71. The zero-order chi connectivity index (χ0) is 16.9. The highest BCUT2D eigenvalue weighted by Gasteiger charge is 2.47. The Morgan fingerprint density at radius 1 is 1.21 bits per heavy atom. The number of nitrogens with one attached hydrogen (secondary N) is 1. The summed E-state index contributed by atoms with van der Waals surface area (Å²) in [6.45, 7) is 1.84. The molecule has 3 aromatic rings. The van der Waals surface area contributed by atoms with E-state index in [0.717, 1.165) is 10.9 Å². The molecule has 2 N–H and O–H groups in total. The number of anilines is 1. The predicted molar refractivity (Wildman–Crippen MR) is 88.9 cm³/mol. The Morgan fingerprint density at radius 2 is 2.00 bits per heavy atom. The molecule has 1 amide bonds. The van der Waals surface area contributed by atoms with Crippen LogP contribution in [0.25, 0.3) is 11.0 Å². The molecule has 1 aliphatic heterocycles. The first-order chi connectivity index (χ1) is 11.5. The van der Waals surface area contributed by atoms with Gasteiger partial charge in [-0.15, -0.1) is 0 Å². The van der Waals surface area contributed by atoms with Crippen LogP contribution >= 0.6 is 0 Å². The average molecular weight is 321 g/mol. The monoisotopic (exact) mass is 321 g/mol. The third-order valence-electron chi connectivity index (χ3n) is 4.45. The number of para-hydroxylation sites is 2.